The Labute approximate surface area is 351 Å². The van der Waals surface area contributed by atoms with Crippen molar-refractivity contribution in [3.8, 4) is 0 Å². The highest BCUT2D eigenvalue weighted by Crippen LogP contribution is 2.43. The van der Waals surface area contributed by atoms with Crippen LogP contribution in [0.2, 0.25) is 0 Å². The minimum atomic E-state index is -4.42. The molecular formula is C47H76NO9P. The van der Waals surface area contributed by atoms with Gasteiger partial charge in [-0.1, -0.05) is 136 Å². The Bertz CT molecular complexity index is 1330. The predicted molar refractivity (Wildman–Crippen MR) is 239 cm³/mol. The van der Waals surface area contributed by atoms with Gasteiger partial charge in [-0.25, -0.2) is 4.57 Å². The summed E-state index contributed by atoms with van der Waals surface area (Å²) >= 11 is 0. The van der Waals surface area contributed by atoms with Gasteiger partial charge in [-0.2, -0.15) is 0 Å². The molecule has 0 fully saturated rings. The van der Waals surface area contributed by atoms with E-state index in [1.165, 1.54) is 0 Å². The van der Waals surface area contributed by atoms with Crippen LogP contribution < -0.4 is 5.73 Å². The third-order valence-electron chi connectivity index (χ3n) is 8.20. The van der Waals surface area contributed by atoms with Gasteiger partial charge in [0, 0.05) is 19.4 Å². The van der Waals surface area contributed by atoms with Crippen molar-refractivity contribution >= 4 is 19.8 Å². The molecule has 0 spiro atoms. The second-order valence-corrected chi connectivity index (χ2v) is 15.1. The van der Waals surface area contributed by atoms with Crippen LogP contribution in [0.5, 0.6) is 0 Å². The third-order valence-corrected chi connectivity index (χ3v) is 9.18. The van der Waals surface area contributed by atoms with Crippen LogP contribution in [0.4, 0.5) is 0 Å². The molecule has 2 unspecified atom stereocenters. The van der Waals surface area contributed by atoms with E-state index < -0.39 is 32.5 Å². The van der Waals surface area contributed by atoms with Gasteiger partial charge in [0.1, 0.15) is 6.61 Å². The largest absolute Gasteiger partial charge is 0.472 e. The first-order valence-corrected chi connectivity index (χ1v) is 22.9. The number of ether oxygens (including phenoxy) is 2. The van der Waals surface area contributed by atoms with Crippen LogP contribution in [0.25, 0.3) is 0 Å². The molecule has 0 aromatic carbocycles. The monoisotopic (exact) mass is 830 g/mol. The summed E-state index contributed by atoms with van der Waals surface area (Å²) in [6.07, 6.45) is 51.9. The van der Waals surface area contributed by atoms with Crippen molar-refractivity contribution < 1.29 is 42.7 Å². The topological polar surface area (TPSA) is 155 Å². The van der Waals surface area contributed by atoms with Crippen molar-refractivity contribution in [2.24, 2.45) is 5.73 Å². The summed E-state index contributed by atoms with van der Waals surface area (Å²) in [6.45, 7) is 3.27. The second kappa shape index (κ2) is 41.8. The van der Waals surface area contributed by atoms with Crippen molar-refractivity contribution in [3.63, 3.8) is 0 Å². The molecule has 0 aromatic rings. The molecule has 0 aromatic heterocycles. The summed E-state index contributed by atoms with van der Waals surface area (Å²) in [4.78, 5) is 34.8. The van der Waals surface area contributed by atoms with Crippen LogP contribution in [-0.4, -0.2) is 60.5 Å². The molecular weight excluding hydrogens is 753 g/mol. The number of carbonyl (C=O) groups excluding carboxylic acids is 2. The molecule has 0 aliphatic rings. The maximum atomic E-state index is 12.6. The van der Waals surface area contributed by atoms with Crippen molar-refractivity contribution in [3.05, 3.63) is 109 Å². The van der Waals surface area contributed by atoms with Crippen LogP contribution in [0.15, 0.2) is 109 Å². The second-order valence-electron chi connectivity index (χ2n) is 13.7. The fourth-order valence-corrected chi connectivity index (χ4v) is 5.84. The van der Waals surface area contributed by atoms with Crippen LogP contribution in [0.3, 0.4) is 0 Å². The Morgan fingerprint density at radius 2 is 1.09 bits per heavy atom. The predicted octanol–water partition coefficient (Wildman–Crippen LogP) is 11.4. The van der Waals surface area contributed by atoms with E-state index in [1.54, 1.807) is 0 Å². The molecule has 4 N–H and O–H groups in total. The van der Waals surface area contributed by atoms with E-state index in [0.717, 1.165) is 83.5 Å². The lowest BCUT2D eigenvalue weighted by molar-refractivity contribution is -0.161. The Morgan fingerprint density at radius 1 is 0.603 bits per heavy atom. The summed E-state index contributed by atoms with van der Waals surface area (Å²) in [5.41, 5.74) is 5.34. The highest BCUT2D eigenvalue weighted by Gasteiger charge is 2.25. The molecule has 11 heteroatoms. The average Bonchev–Trinajstić information content (AvgIpc) is 3.20. The fraction of sp³-hybridized carbons (Fsp3) is 0.574. The van der Waals surface area contributed by atoms with E-state index in [0.29, 0.717) is 25.7 Å². The van der Waals surface area contributed by atoms with Crippen molar-refractivity contribution in [1.29, 1.82) is 0 Å². The Balaban J connectivity index is 4.37. The number of esters is 2. The van der Waals surface area contributed by atoms with Gasteiger partial charge in [0.25, 0.3) is 0 Å². The number of hydrogen-bond acceptors (Lipinski definition) is 9. The summed E-state index contributed by atoms with van der Waals surface area (Å²) in [6, 6.07) is 0. The molecule has 328 valence electrons. The van der Waals surface area contributed by atoms with Crippen LogP contribution in [-0.2, 0) is 32.7 Å². The summed E-state index contributed by atoms with van der Waals surface area (Å²) in [5.74, 6) is -0.966. The van der Waals surface area contributed by atoms with E-state index >= 15 is 0 Å². The molecule has 0 aliphatic heterocycles. The molecule has 10 nitrogen and oxygen atoms in total. The maximum absolute atomic E-state index is 12.6. The molecule has 58 heavy (non-hydrogen) atoms. The Hall–Kier alpha value is -3.37. The lowest BCUT2D eigenvalue weighted by atomic mass is 10.1. The van der Waals surface area contributed by atoms with Crippen LogP contribution in [0.1, 0.15) is 136 Å². The number of phosphoric ester groups is 1. The zero-order valence-electron chi connectivity index (χ0n) is 35.6. The zero-order valence-corrected chi connectivity index (χ0v) is 36.5. The highest BCUT2D eigenvalue weighted by molar-refractivity contribution is 7.47. The van der Waals surface area contributed by atoms with Crippen LogP contribution >= 0.6 is 7.82 Å². The molecule has 0 saturated heterocycles. The number of allylic oxidation sites excluding steroid dienone is 17. The number of aliphatic hydroxyl groups excluding tert-OH is 1. The van der Waals surface area contributed by atoms with E-state index in [4.69, 9.17) is 24.3 Å². The highest BCUT2D eigenvalue weighted by atomic mass is 31.2. The SMILES string of the molecule is CC/C=C\C/C=C\C/C=C\C/C=C\C/C=C\CCCCCC(=O)OC[C@H](COP(=O)(O)OCCN)OC(=O)CCC/C=C\C/C=C\C/C=C\C/C=C\CC(O)CCC. The van der Waals surface area contributed by atoms with Crippen molar-refractivity contribution in [1.82, 2.24) is 0 Å². The quantitative estimate of drug-likeness (QED) is 0.0237. The van der Waals surface area contributed by atoms with Crippen molar-refractivity contribution in [2.75, 3.05) is 26.4 Å². The first kappa shape index (κ1) is 54.6. The summed E-state index contributed by atoms with van der Waals surface area (Å²) < 4.78 is 32.6. The van der Waals surface area contributed by atoms with E-state index in [-0.39, 0.29) is 38.7 Å². The molecule has 0 bridgehead atoms. The average molecular weight is 830 g/mol. The smallest absolute Gasteiger partial charge is 0.462 e. The van der Waals surface area contributed by atoms with E-state index in [9.17, 15) is 24.2 Å². The van der Waals surface area contributed by atoms with Crippen LogP contribution in [0, 0.1) is 0 Å². The first-order valence-electron chi connectivity index (χ1n) is 21.4. The number of unbranched alkanes of at least 4 members (excludes halogenated alkanes) is 4. The molecule has 0 amide bonds. The minimum absolute atomic E-state index is 0.0270. The number of carbonyl (C=O) groups is 2. The number of rotatable bonds is 38. The minimum Gasteiger partial charge on any atom is -0.462 e. The van der Waals surface area contributed by atoms with Gasteiger partial charge >= 0.3 is 19.8 Å². The van der Waals surface area contributed by atoms with Gasteiger partial charge in [-0.3, -0.25) is 18.6 Å². The number of phosphoric acid groups is 1. The van der Waals surface area contributed by atoms with Gasteiger partial charge in [0.2, 0.25) is 0 Å². The van der Waals surface area contributed by atoms with E-state index in [1.807, 2.05) is 18.2 Å². The summed E-state index contributed by atoms with van der Waals surface area (Å²) in [5, 5.41) is 9.73. The Kier molecular flexibility index (Phi) is 39.4. The maximum Gasteiger partial charge on any atom is 0.472 e. The normalized spacial score (nSPS) is 14.9. The molecule has 0 radical (unpaired) electrons. The standard InChI is InChI=1S/C47H76NO9P/c1-3-5-6-7-8-9-10-11-12-13-14-15-16-19-22-25-28-31-34-38-46(50)54-42-45(43-56-58(52,53)55-41-40-48)57-47(51)39-35-32-29-26-23-20-17-18-21-24-27-30-33-37-44(49)36-4-2/h5-6,8-9,11-12,14-15,17,19-22,24,26,29-30,33,44-45,49H,3-4,7,10,13,16,18,23,25,27-28,31-32,34-43,48H2,1-2H3,(H,52,53)/b6-5-,9-8-,12-11-,15-14-,20-17-,22-19-,24-21-,29-26-,33-30-/t44?,45-/m1/s1. The van der Waals surface area contributed by atoms with Gasteiger partial charge in [-0.15, -0.1) is 0 Å². The van der Waals surface area contributed by atoms with Gasteiger partial charge in [-0.05, 0) is 96.3 Å². The zero-order chi connectivity index (χ0) is 42.6. The lowest BCUT2D eigenvalue weighted by Crippen LogP contribution is -2.29. The molecule has 3 atom stereocenters. The molecule has 0 saturated carbocycles. The first-order chi connectivity index (χ1) is 28.2. The number of aliphatic hydroxyl groups is 1. The van der Waals surface area contributed by atoms with Gasteiger partial charge < -0.3 is 25.2 Å². The van der Waals surface area contributed by atoms with Gasteiger partial charge in [0.15, 0.2) is 6.10 Å². The van der Waals surface area contributed by atoms with Gasteiger partial charge in [0.05, 0.1) is 19.3 Å². The lowest BCUT2D eigenvalue weighted by Gasteiger charge is -2.19. The molecule has 0 rings (SSSR count). The number of hydrogen-bond donors (Lipinski definition) is 3. The van der Waals surface area contributed by atoms with Crippen molar-refractivity contribution in [2.45, 2.75) is 148 Å². The Morgan fingerprint density at radius 3 is 1.60 bits per heavy atom. The summed E-state index contributed by atoms with van der Waals surface area (Å²) in [7, 11) is -4.42. The third kappa shape index (κ3) is 40.8. The molecule has 0 aliphatic carbocycles. The van der Waals surface area contributed by atoms with E-state index in [2.05, 4.69) is 105 Å². The fourth-order valence-electron chi connectivity index (χ4n) is 5.08. The molecule has 0 heterocycles. The number of nitrogens with two attached hydrogens (primary N) is 1.